The second-order valence-electron chi connectivity index (χ2n) is 7.51. The zero-order chi connectivity index (χ0) is 18.1. The van der Waals surface area contributed by atoms with Crippen LogP contribution in [0.2, 0.25) is 0 Å². The van der Waals surface area contributed by atoms with Crippen LogP contribution in [0.4, 0.5) is 4.79 Å². The number of hydrogen-bond acceptors (Lipinski definition) is 3. The van der Waals surface area contributed by atoms with Crippen LogP contribution in [0.3, 0.4) is 0 Å². The number of nitrogens with one attached hydrogen (secondary N) is 3. The van der Waals surface area contributed by atoms with Gasteiger partial charge in [-0.15, -0.1) is 0 Å². The lowest BCUT2D eigenvalue weighted by molar-refractivity contribution is -0.125. The molecule has 1 aromatic carbocycles. The highest BCUT2D eigenvalue weighted by Gasteiger charge is 2.30. The summed E-state index contributed by atoms with van der Waals surface area (Å²) in [6, 6.07) is 8.00. The van der Waals surface area contributed by atoms with Gasteiger partial charge < -0.3 is 10.3 Å². The third kappa shape index (κ3) is 3.60. The fraction of sp³-hybridized carbons (Fsp3) is 0.500. The average molecular weight is 354 g/mol. The minimum absolute atomic E-state index is 0.214. The quantitative estimate of drug-likeness (QED) is 0.790. The highest BCUT2D eigenvalue weighted by molar-refractivity contribution is 5.97. The second kappa shape index (κ2) is 7.11. The first-order valence-corrected chi connectivity index (χ1v) is 9.53. The van der Waals surface area contributed by atoms with Crippen molar-refractivity contribution in [1.82, 2.24) is 20.5 Å². The molecule has 0 bridgehead atoms. The molecule has 1 atom stereocenters. The Morgan fingerprint density at radius 3 is 2.62 bits per heavy atom. The van der Waals surface area contributed by atoms with Crippen molar-refractivity contribution in [2.24, 2.45) is 0 Å². The number of benzene rings is 1. The molecule has 4 rings (SSSR count). The lowest BCUT2D eigenvalue weighted by atomic mass is 9.88. The van der Waals surface area contributed by atoms with Crippen LogP contribution in [-0.4, -0.2) is 47.0 Å². The van der Waals surface area contributed by atoms with Crippen LogP contribution in [0.5, 0.6) is 0 Å². The van der Waals surface area contributed by atoms with E-state index < -0.39 is 0 Å². The van der Waals surface area contributed by atoms with E-state index in [1.54, 1.807) is 0 Å². The Morgan fingerprint density at radius 1 is 1.15 bits per heavy atom. The molecule has 1 unspecified atom stereocenters. The molecule has 2 heterocycles. The number of aromatic amines is 1. The van der Waals surface area contributed by atoms with Gasteiger partial charge >= 0.3 is 6.03 Å². The molecule has 0 spiro atoms. The molecule has 2 fully saturated rings. The fourth-order valence-electron chi connectivity index (χ4n) is 3.86. The number of amides is 3. The molecule has 1 aliphatic carbocycles. The predicted molar refractivity (Wildman–Crippen MR) is 101 cm³/mol. The number of likely N-dealkylation sites (tertiary alicyclic amines) is 1. The molecule has 6 heteroatoms. The molecule has 1 saturated heterocycles. The first kappa shape index (κ1) is 17.1. The third-order valence-electron chi connectivity index (χ3n) is 5.67. The number of carbonyl (C=O) groups excluding carboxylic acids is 2. The van der Waals surface area contributed by atoms with Crippen LogP contribution in [0.25, 0.3) is 10.9 Å². The summed E-state index contributed by atoms with van der Waals surface area (Å²) in [4.78, 5) is 29.6. The molecular weight excluding hydrogens is 328 g/mol. The maximum atomic E-state index is 12.3. The smallest absolute Gasteiger partial charge is 0.321 e. The number of H-pyrrole nitrogens is 1. The first-order chi connectivity index (χ1) is 12.6. The number of aromatic nitrogens is 1. The van der Waals surface area contributed by atoms with E-state index in [9.17, 15) is 9.59 Å². The summed E-state index contributed by atoms with van der Waals surface area (Å²) >= 11 is 0. The second-order valence-corrected chi connectivity index (χ2v) is 7.51. The SMILES string of the molecule is CC(C(=O)NC(=O)NC1CC1)N1CCC(c2c[nH]c3ccccc23)CC1. The number of rotatable bonds is 4. The molecule has 1 aromatic heterocycles. The van der Waals surface area contributed by atoms with Gasteiger partial charge in [0.25, 0.3) is 0 Å². The largest absolute Gasteiger partial charge is 0.361 e. The summed E-state index contributed by atoms with van der Waals surface area (Å²) in [6.45, 7) is 3.61. The van der Waals surface area contributed by atoms with Gasteiger partial charge in [0.2, 0.25) is 5.91 Å². The summed E-state index contributed by atoms with van der Waals surface area (Å²) in [5.74, 6) is 0.296. The van der Waals surface area contributed by atoms with Gasteiger partial charge in [0.15, 0.2) is 0 Å². The molecule has 2 aliphatic rings. The average Bonchev–Trinajstić information content (AvgIpc) is 3.36. The van der Waals surface area contributed by atoms with Crippen molar-refractivity contribution in [3.63, 3.8) is 0 Å². The van der Waals surface area contributed by atoms with Crippen LogP contribution >= 0.6 is 0 Å². The van der Waals surface area contributed by atoms with Gasteiger partial charge in [0, 0.05) is 23.1 Å². The van der Waals surface area contributed by atoms with E-state index in [0.29, 0.717) is 5.92 Å². The first-order valence-electron chi connectivity index (χ1n) is 9.53. The van der Waals surface area contributed by atoms with Gasteiger partial charge in [0.1, 0.15) is 0 Å². The lowest BCUT2D eigenvalue weighted by Crippen LogP contribution is -2.51. The van der Waals surface area contributed by atoms with Gasteiger partial charge in [-0.2, -0.15) is 0 Å². The van der Waals surface area contributed by atoms with Crippen molar-refractivity contribution < 1.29 is 9.59 Å². The van der Waals surface area contributed by atoms with Crippen LogP contribution in [0.1, 0.15) is 44.1 Å². The number of carbonyl (C=O) groups is 2. The number of hydrogen-bond donors (Lipinski definition) is 3. The van der Waals surface area contributed by atoms with Crippen LogP contribution in [0.15, 0.2) is 30.5 Å². The van der Waals surface area contributed by atoms with Gasteiger partial charge in [-0.1, -0.05) is 18.2 Å². The van der Waals surface area contributed by atoms with E-state index >= 15 is 0 Å². The van der Waals surface area contributed by atoms with Crippen molar-refractivity contribution in [3.05, 3.63) is 36.0 Å². The predicted octanol–water partition coefficient (Wildman–Crippen LogP) is 2.72. The highest BCUT2D eigenvalue weighted by Crippen LogP contribution is 2.33. The van der Waals surface area contributed by atoms with E-state index in [2.05, 4.69) is 44.9 Å². The molecule has 1 aliphatic heterocycles. The number of nitrogens with zero attached hydrogens (tertiary/aromatic N) is 1. The molecule has 2 aromatic rings. The summed E-state index contributed by atoms with van der Waals surface area (Å²) in [5.41, 5.74) is 2.56. The molecular formula is C20H26N4O2. The third-order valence-corrected chi connectivity index (χ3v) is 5.67. The van der Waals surface area contributed by atoms with Gasteiger partial charge in [0.05, 0.1) is 6.04 Å². The zero-order valence-corrected chi connectivity index (χ0v) is 15.1. The van der Waals surface area contributed by atoms with Crippen molar-refractivity contribution in [1.29, 1.82) is 0 Å². The van der Waals surface area contributed by atoms with Gasteiger partial charge in [-0.25, -0.2) is 4.79 Å². The van der Waals surface area contributed by atoms with Gasteiger partial charge in [-0.3, -0.25) is 15.0 Å². The van der Waals surface area contributed by atoms with Gasteiger partial charge in [-0.05, 0) is 63.2 Å². The summed E-state index contributed by atoms with van der Waals surface area (Å²) in [5, 5.41) is 6.57. The summed E-state index contributed by atoms with van der Waals surface area (Å²) in [6.07, 6.45) is 6.20. The number of imide groups is 1. The Bertz CT molecular complexity index is 803. The highest BCUT2D eigenvalue weighted by atomic mass is 16.2. The number of para-hydroxylation sites is 1. The monoisotopic (exact) mass is 354 g/mol. The molecule has 138 valence electrons. The molecule has 0 radical (unpaired) electrons. The minimum Gasteiger partial charge on any atom is -0.361 e. The van der Waals surface area contributed by atoms with E-state index in [1.165, 1.54) is 16.5 Å². The molecule has 3 amide bonds. The van der Waals surface area contributed by atoms with E-state index in [4.69, 9.17) is 0 Å². The van der Waals surface area contributed by atoms with E-state index in [0.717, 1.165) is 38.8 Å². The maximum absolute atomic E-state index is 12.3. The Labute approximate surface area is 153 Å². The molecule has 1 saturated carbocycles. The summed E-state index contributed by atoms with van der Waals surface area (Å²) < 4.78 is 0. The van der Waals surface area contributed by atoms with Crippen LogP contribution in [0, 0.1) is 0 Å². The zero-order valence-electron chi connectivity index (χ0n) is 15.1. The lowest BCUT2D eigenvalue weighted by Gasteiger charge is -2.35. The Kier molecular flexibility index (Phi) is 4.68. The number of urea groups is 1. The summed E-state index contributed by atoms with van der Waals surface area (Å²) in [7, 11) is 0. The standard InChI is InChI=1S/C20H26N4O2/c1-13(19(25)23-20(26)22-15-6-7-15)24-10-8-14(9-11-24)17-12-21-18-5-3-2-4-16(17)18/h2-5,12-15,21H,6-11H2,1H3,(H2,22,23,25,26). The Balaban J connectivity index is 1.32. The normalized spacial score (nSPS) is 20.0. The molecule has 6 nitrogen and oxygen atoms in total. The van der Waals surface area contributed by atoms with Crippen molar-refractivity contribution in [2.75, 3.05) is 13.1 Å². The maximum Gasteiger partial charge on any atom is 0.321 e. The minimum atomic E-state index is -0.363. The van der Waals surface area contributed by atoms with Crippen molar-refractivity contribution in [2.45, 2.75) is 50.6 Å². The number of fused-ring (bicyclic) bond motifs is 1. The van der Waals surface area contributed by atoms with E-state index in [1.807, 2.05) is 13.0 Å². The molecule has 26 heavy (non-hydrogen) atoms. The fourth-order valence-corrected chi connectivity index (χ4v) is 3.86. The van der Waals surface area contributed by atoms with Crippen LogP contribution in [-0.2, 0) is 4.79 Å². The van der Waals surface area contributed by atoms with Crippen molar-refractivity contribution in [3.8, 4) is 0 Å². The van der Waals surface area contributed by atoms with Crippen molar-refractivity contribution >= 4 is 22.8 Å². The Hall–Kier alpha value is -2.34. The molecule has 3 N–H and O–H groups in total. The Morgan fingerprint density at radius 2 is 1.88 bits per heavy atom. The van der Waals surface area contributed by atoms with E-state index in [-0.39, 0.29) is 24.0 Å². The topological polar surface area (TPSA) is 77.2 Å². The number of piperidine rings is 1. The van der Waals surface area contributed by atoms with Crippen LogP contribution < -0.4 is 10.6 Å².